The van der Waals surface area contributed by atoms with Gasteiger partial charge in [0.2, 0.25) is 5.91 Å². The van der Waals surface area contributed by atoms with Crippen LogP contribution in [0.2, 0.25) is 0 Å². The van der Waals surface area contributed by atoms with Gasteiger partial charge in [-0.05, 0) is 87.7 Å². The minimum Gasteiger partial charge on any atom is -0.484 e. The molecule has 0 N–H and O–H groups in total. The molecule has 4 fully saturated rings. The summed E-state index contributed by atoms with van der Waals surface area (Å²) in [5, 5.41) is 0. The van der Waals surface area contributed by atoms with Crippen molar-refractivity contribution in [1.29, 1.82) is 0 Å². The van der Waals surface area contributed by atoms with Crippen LogP contribution in [0.1, 0.15) is 44.9 Å². The van der Waals surface area contributed by atoms with Crippen molar-refractivity contribution in [2.24, 2.45) is 11.8 Å². The van der Waals surface area contributed by atoms with Crippen molar-refractivity contribution in [3.8, 4) is 5.75 Å². The molecule has 1 aromatic carbocycles. The molecule has 35 heavy (non-hydrogen) atoms. The van der Waals surface area contributed by atoms with Crippen LogP contribution in [0.25, 0.3) is 0 Å². The van der Waals surface area contributed by atoms with Crippen molar-refractivity contribution in [3.05, 3.63) is 30.1 Å². The summed E-state index contributed by atoms with van der Waals surface area (Å²) in [7, 11) is 0. The molecule has 4 aliphatic rings. The topological polar surface area (TPSA) is 62.3 Å². The second-order valence-electron chi connectivity index (χ2n) is 10.5. The third-order valence-corrected chi connectivity index (χ3v) is 8.42. The summed E-state index contributed by atoms with van der Waals surface area (Å²) in [6.07, 6.45) is 6.84. The number of halogens is 1. The normalized spacial score (nSPS) is 28.9. The summed E-state index contributed by atoms with van der Waals surface area (Å²) in [6.45, 7) is 5.65. The Balaban J connectivity index is 1.26. The predicted octanol–water partition coefficient (Wildman–Crippen LogP) is 2.94. The van der Waals surface area contributed by atoms with E-state index in [1.54, 1.807) is 12.1 Å². The van der Waals surface area contributed by atoms with E-state index in [1.807, 2.05) is 4.90 Å². The molecule has 4 atom stereocenters. The summed E-state index contributed by atoms with van der Waals surface area (Å²) >= 11 is 0. The molecule has 0 radical (unpaired) electrons. The van der Waals surface area contributed by atoms with E-state index < -0.39 is 0 Å². The number of benzene rings is 1. The van der Waals surface area contributed by atoms with Crippen molar-refractivity contribution in [1.82, 2.24) is 14.7 Å². The number of piperidine rings is 3. The van der Waals surface area contributed by atoms with Crippen LogP contribution >= 0.6 is 0 Å². The lowest BCUT2D eigenvalue weighted by atomic mass is 9.69. The second kappa shape index (κ2) is 11.2. The van der Waals surface area contributed by atoms with Gasteiger partial charge in [-0.1, -0.05) is 0 Å². The first kappa shape index (κ1) is 24.5. The molecule has 7 nitrogen and oxygen atoms in total. The van der Waals surface area contributed by atoms with Gasteiger partial charge >= 0.3 is 0 Å². The maximum Gasteiger partial charge on any atom is 0.260 e. The molecule has 4 saturated heterocycles. The van der Waals surface area contributed by atoms with Gasteiger partial charge in [-0.3, -0.25) is 14.5 Å². The van der Waals surface area contributed by atoms with E-state index in [0.29, 0.717) is 56.4 Å². The third-order valence-electron chi connectivity index (χ3n) is 8.42. The highest BCUT2D eigenvalue weighted by Crippen LogP contribution is 2.43. The molecular formula is C27H38FN3O4. The first-order valence-corrected chi connectivity index (χ1v) is 13.4. The van der Waals surface area contributed by atoms with E-state index in [4.69, 9.17) is 9.47 Å². The van der Waals surface area contributed by atoms with Crippen molar-refractivity contribution in [3.63, 3.8) is 0 Å². The molecule has 0 aliphatic carbocycles. The van der Waals surface area contributed by atoms with Crippen molar-refractivity contribution < 1.29 is 23.5 Å². The van der Waals surface area contributed by atoms with E-state index in [0.717, 1.165) is 25.8 Å². The number of hydrogen-bond donors (Lipinski definition) is 0. The van der Waals surface area contributed by atoms with Gasteiger partial charge < -0.3 is 19.3 Å². The fourth-order valence-corrected chi connectivity index (χ4v) is 6.84. The lowest BCUT2D eigenvalue weighted by molar-refractivity contribution is -0.148. The Bertz CT molecular complexity index is 874. The van der Waals surface area contributed by atoms with Crippen molar-refractivity contribution in [2.45, 2.75) is 57.0 Å². The molecule has 5 rings (SSSR count). The monoisotopic (exact) mass is 487 g/mol. The zero-order valence-electron chi connectivity index (χ0n) is 20.6. The second-order valence-corrected chi connectivity index (χ2v) is 10.5. The highest BCUT2D eigenvalue weighted by Gasteiger charge is 2.49. The minimum absolute atomic E-state index is 0.0000206. The summed E-state index contributed by atoms with van der Waals surface area (Å²) in [4.78, 5) is 32.8. The zero-order valence-corrected chi connectivity index (χ0v) is 20.6. The number of carbonyl (C=O) groups is 2. The van der Waals surface area contributed by atoms with E-state index in [2.05, 4.69) is 9.80 Å². The van der Waals surface area contributed by atoms with Crippen LogP contribution in [0.5, 0.6) is 5.75 Å². The highest BCUT2D eigenvalue weighted by atomic mass is 19.1. The zero-order chi connectivity index (χ0) is 24.2. The van der Waals surface area contributed by atoms with Crippen LogP contribution in [-0.2, 0) is 14.3 Å². The molecule has 0 saturated carbocycles. The molecule has 4 aliphatic heterocycles. The van der Waals surface area contributed by atoms with Crippen molar-refractivity contribution >= 4 is 11.8 Å². The predicted molar refractivity (Wildman–Crippen MR) is 129 cm³/mol. The number of amides is 2. The molecule has 4 heterocycles. The van der Waals surface area contributed by atoms with Crippen LogP contribution in [0, 0.1) is 17.7 Å². The summed E-state index contributed by atoms with van der Waals surface area (Å²) < 4.78 is 24.3. The molecule has 0 spiro atoms. The number of likely N-dealkylation sites (tertiary alicyclic amines) is 1. The van der Waals surface area contributed by atoms with E-state index in [9.17, 15) is 14.0 Å². The Morgan fingerprint density at radius 1 is 1.00 bits per heavy atom. The van der Waals surface area contributed by atoms with Crippen molar-refractivity contribution in [2.75, 3.05) is 52.5 Å². The average molecular weight is 488 g/mol. The molecule has 0 aromatic heterocycles. The number of morpholine rings is 1. The maximum absolute atomic E-state index is 13.5. The molecule has 1 aromatic rings. The standard InChI is InChI=1S/C27H38FN3O4/c28-21-8-10-22(11-9-21)35-19-26(33)31-18-20-4-2-12-30-13-3-5-23(27(20)30)24(31)6-1-7-25(32)29-14-16-34-17-15-29/h8-11,20,23-24,27H,1-7,12-19H2/t20-,23+,24+,27-/m0/s1. The summed E-state index contributed by atoms with van der Waals surface area (Å²) in [5.74, 6) is 1.34. The lowest BCUT2D eigenvalue weighted by Gasteiger charge is -2.57. The molecule has 192 valence electrons. The fourth-order valence-electron chi connectivity index (χ4n) is 6.84. The van der Waals surface area contributed by atoms with Gasteiger partial charge in [0, 0.05) is 38.1 Å². The first-order chi connectivity index (χ1) is 17.1. The number of carbonyl (C=O) groups excluding carboxylic acids is 2. The minimum atomic E-state index is -0.323. The van der Waals surface area contributed by atoms with Crippen LogP contribution in [0.4, 0.5) is 4.39 Å². The quantitative estimate of drug-likeness (QED) is 0.592. The lowest BCUT2D eigenvalue weighted by Crippen LogP contribution is -2.66. The van der Waals surface area contributed by atoms with Gasteiger partial charge in [-0.2, -0.15) is 0 Å². The molecule has 2 amide bonds. The van der Waals surface area contributed by atoms with Gasteiger partial charge in [0.15, 0.2) is 6.61 Å². The smallest absolute Gasteiger partial charge is 0.260 e. The Morgan fingerprint density at radius 3 is 2.51 bits per heavy atom. The van der Waals surface area contributed by atoms with Gasteiger partial charge in [-0.15, -0.1) is 0 Å². The Labute approximate surface area is 207 Å². The van der Waals surface area contributed by atoms with Gasteiger partial charge in [0.05, 0.1) is 13.2 Å². The first-order valence-electron chi connectivity index (χ1n) is 13.4. The number of rotatable bonds is 7. The van der Waals surface area contributed by atoms with Gasteiger partial charge in [-0.25, -0.2) is 4.39 Å². The van der Waals surface area contributed by atoms with Crippen LogP contribution in [-0.4, -0.2) is 91.1 Å². The van der Waals surface area contributed by atoms with E-state index in [1.165, 1.54) is 44.5 Å². The summed E-state index contributed by atoms with van der Waals surface area (Å²) in [6, 6.07) is 6.50. The largest absolute Gasteiger partial charge is 0.484 e. The van der Waals surface area contributed by atoms with Crippen LogP contribution < -0.4 is 4.74 Å². The Morgan fingerprint density at radius 2 is 1.74 bits per heavy atom. The molecule has 8 heteroatoms. The Hall–Kier alpha value is -2.19. The molecule has 0 unspecified atom stereocenters. The van der Waals surface area contributed by atoms with E-state index >= 15 is 0 Å². The van der Waals surface area contributed by atoms with Gasteiger partial charge in [0.1, 0.15) is 11.6 Å². The van der Waals surface area contributed by atoms with Crippen LogP contribution in [0.15, 0.2) is 24.3 Å². The fraction of sp³-hybridized carbons (Fsp3) is 0.704. The molecule has 0 bridgehead atoms. The summed E-state index contributed by atoms with van der Waals surface area (Å²) in [5.41, 5.74) is 0. The highest BCUT2D eigenvalue weighted by molar-refractivity contribution is 5.78. The SMILES string of the molecule is O=C(CCC[C@@H]1[C@H]2CCCN3CCC[C@@H](CN1C(=O)COc1ccc(F)cc1)[C@@H]23)N1CCOCC1. The Kier molecular flexibility index (Phi) is 7.88. The molecular weight excluding hydrogens is 449 g/mol. The van der Waals surface area contributed by atoms with Gasteiger partial charge in [0.25, 0.3) is 5.91 Å². The number of nitrogens with zero attached hydrogens (tertiary/aromatic N) is 3. The third kappa shape index (κ3) is 5.64. The number of hydrogen-bond acceptors (Lipinski definition) is 5. The van der Waals surface area contributed by atoms with E-state index in [-0.39, 0.29) is 30.3 Å². The average Bonchev–Trinajstić information content (AvgIpc) is 2.90. The van der Waals surface area contributed by atoms with Crippen LogP contribution in [0.3, 0.4) is 0 Å². The maximum atomic E-state index is 13.5. The number of ether oxygens (including phenoxy) is 2.